The Morgan fingerprint density at radius 1 is 1.41 bits per heavy atom. The van der Waals surface area contributed by atoms with Crippen LogP contribution in [0.5, 0.6) is 0 Å². The van der Waals surface area contributed by atoms with Gasteiger partial charge in [0.2, 0.25) is 0 Å². The molecule has 0 bridgehead atoms. The van der Waals surface area contributed by atoms with Crippen LogP contribution in [-0.4, -0.2) is 18.4 Å². The maximum atomic E-state index is 11.3. The third-order valence-electron chi connectivity index (χ3n) is 3.49. The van der Waals surface area contributed by atoms with Crippen molar-refractivity contribution >= 4 is 23.1 Å². The average molecular weight is 254 g/mol. The van der Waals surface area contributed by atoms with E-state index in [1.165, 1.54) is 0 Å². The fraction of sp³-hybridized carbons (Fsp3) is 0.500. The highest BCUT2D eigenvalue weighted by Crippen LogP contribution is 2.31. The van der Waals surface area contributed by atoms with E-state index in [1.54, 1.807) is 13.0 Å². The first-order valence-corrected chi connectivity index (χ1v) is 6.21. The third-order valence-corrected chi connectivity index (χ3v) is 3.79. The van der Waals surface area contributed by atoms with Crippen LogP contribution in [0.15, 0.2) is 18.2 Å². The van der Waals surface area contributed by atoms with Crippen molar-refractivity contribution in [2.24, 2.45) is 0 Å². The van der Waals surface area contributed by atoms with Crippen LogP contribution in [0.3, 0.4) is 0 Å². The van der Waals surface area contributed by atoms with Gasteiger partial charge in [0.15, 0.2) is 5.78 Å². The summed E-state index contributed by atoms with van der Waals surface area (Å²) in [6.07, 6.45) is 1.02. The van der Waals surface area contributed by atoms with Crippen molar-refractivity contribution in [3.8, 4) is 0 Å². The molecule has 0 aromatic heterocycles. The molecule has 1 aromatic rings. The summed E-state index contributed by atoms with van der Waals surface area (Å²) in [4.78, 5) is 13.4. The number of hydrogen-bond donors (Lipinski definition) is 0. The number of ketones is 1. The molecule has 0 saturated carbocycles. The summed E-state index contributed by atoms with van der Waals surface area (Å²) in [6, 6.07) is 5.48. The molecule has 17 heavy (non-hydrogen) atoms. The van der Waals surface area contributed by atoms with Crippen molar-refractivity contribution in [1.29, 1.82) is 0 Å². The van der Waals surface area contributed by atoms with E-state index >= 15 is 0 Å². The SMILES string of the molecule is CCC(C)(C)N(C)c1ccc(C(C)=O)cc1Cl. The lowest BCUT2D eigenvalue weighted by Crippen LogP contribution is -2.40. The Morgan fingerprint density at radius 2 is 2.00 bits per heavy atom. The molecule has 0 aliphatic carbocycles. The lowest BCUT2D eigenvalue weighted by atomic mass is 9.99. The van der Waals surface area contributed by atoms with Crippen LogP contribution in [0.4, 0.5) is 5.69 Å². The van der Waals surface area contributed by atoms with Crippen LogP contribution in [0, 0.1) is 0 Å². The number of nitrogens with zero attached hydrogens (tertiary/aromatic N) is 1. The highest BCUT2D eigenvalue weighted by atomic mass is 35.5. The van der Waals surface area contributed by atoms with Crippen molar-refractivity contribution in [2.45, 2.75) is 39.7 Å². The number of carbonyl (C=O) groups excluding carboxylic acids is 1. The topological polar surface area (TPSA) is 20.3 Å². The van der Waals surface area contributed by atoms with Gasteiger partial charge in [-0.2, -0.15) is 0 Å². The number of Topliss-reactive ketones (excluding diaryl/α,β-unsaturated/α-hetero) is 1. The molecule has 0 aliphatic heterocycles. The van der Waals surface area contributed by atoms with Crippen LogP contribution < -0.4 is 4.90 Å². The van der Waals surface area contributed by atoms with Crippen molar-refractivity contribution < 1.29 is 4.79 Å². The van der Waals surface area contributed by atoms with Gasteiger partial charge in [-0.3, -0.25) is 4.79 Å². The molecule has 0 N–H and O–H groups in total. The summed E-state index contributed by atoms with van der Waals surface area (Å²) < 4.78 is 0. The zero-order valence-electron chi connectivity index (χ0n) is 11.2. The Hall–Kier alpha value is -1.02. The Bertz CT molecular complexity index is 426. The minimum absolute atomic E-state index is 0.0378. The average Bonchev–Trinajstić information content (AvgIpc) is 2.27. The van der Waals surface area contributed by atoms with Crippen LogP contribution in [0.25, 0.3) is 0 Å². The molecule has 0 saturated heterocycles. The van der Waals surface area contributed by atoms with Crippen molar-refractivity contribution in [3.63, 3.8) is 0 Å². The summed E-state index contributed by atoms with van der Waals surface area (Å²) in [5, 5.41) is 0.627. The standard InChI is InChI=1S/C14H20ClNO/c1-6-14(3,4)16(5)13-8-7-11(10(2)17)9-12(13)15/h7-9H,6H2,1-5H3. The fourth-order valence-corrected chi connectivity index (χ4v) is 1.87. The summed E-state index contributed by atoms with van der Waals surface area (Å²) in [7, 11) is 2.03. The Labute approximate surface area is 109 Å². The number of benzene rings is 1. The summed E-state index contributed by atoms with van der Waals surface area (Å²) in [6.45, 7) is 8.03. The molecule has 0 fully saturated rings. The van der Waals surface area contributed by atoms with Gasteiger partial charge in [0, 0.05) is 18.2 Å². The van der Waals surface area contributed by atoms with Gasteiger partial charge in [0.05, 0.1) is 10.7 Å². The normalized spacial score (nSPS) is 11.4. The lowest BCUT2D eigenvalue weighted by Gasteiger charge is -2.37. The van der Waals surface area contributed by atoms with Crippen LogP contribution in [0.2, 0.25) is 5.02 Å². The Morgan fingerprint density at radius 3 is 2.41 bits per heavy atom. The molecular formula is C14H20ClNO. The Kier molecular flexibility index (Phi) is 4.21. The molecular weight excluding hydrogens is 234 g/mol. The molecule has 0 aliphatic rings. The first kappa shape index (κ1) is 14.0. The van der Waals surface area contributed by atoms with Gasteiger partial charge >= 0.3 is 0 Å². The van der Waals surface area contributed by atoms with E-state index in [-0.39, 0.29) is 11.3 Å². The van der Waals surface area contributed by atoms with E-state index in [1.807, 2.05) is 19.2 Å². The van der Waals surface area contributed by atoms with Gasteiger partial charge in [0.1, 0.15) is 0 Å². The second kappa shape index (κ2) is 5.09. The zero-order chi connectivity index (χ0) is 13.2. The number of carbonyl (C=O) groups is 1. The minimum Gasteiger partial charge on any atom is -0.368 e. The van der Waals surface area contributed by atoms with E-state index in [0.29, 0.717) is 10.6 Å². The molecule has 0 heterocycles. The smallest absolute Gasteiger partial charge is 0.159 e. The van der Waals surface area contributed by atoms with Gasteiger partial charge in [-0.25, -0.2) is 0 Å². The molecule has 0 unspecified atom stereocenters. The van der Waals surface area contributed by atoms with Crippen LogP contribution in [0.1, 0.15) is 44.5 Å². The Balaban J connectivity index is 3.12. The molecule has 0 atom stereocenters. The van der Waals surface area contributed by atoms with Gasteiger partial charge < -0.3 is 4.90 Å². The molecule has 94 valence electrons. The fourth-order valence-electron chi connectivity index (χ4n) is 1.56. The van der Waals surface area contributed by atoms with E-state index in [0.717, 1.165) is 12.1 Å². The number of hydrogen-bond acceptors (Lipinski definition) is 2. The largest absolute Gasteiger partial charge is 0.368 e. The van der Waals surface area contributed by atoms with Crippen molar-refractivity contribution in [3.05, 3.63) is 28.8 Å². The highest BCUT2D eigenvalue weighted by molar-refractivity contribution is 6.33. The first-order valence-electron chi connectivity index (χ1n) is 5.84. The van der Waals surface area contributed by atoms with E-state index in [4.69, 9.17) is 11.6 Å². The zero-order valence-corrected chi connectivity index (χ0v) is 11.9. The first-order chi connectivity index (χ1) is 7.79. The van der Waals surface area contributed by atoms with Gasteiger partial charge in [0.25, 0.3) is 0 Å². The van der Waals surface area contributed by atoms with Gasteiger partial charge in [-0.1, -0.05) is 18.5 Å². The summed E-state index contributed by atoms with van der Waals surface area (Å²) >= 11 is 6.24. The summed E-state index contributed by atoms with van der Waals surface area (Å²) in [5.74, 6) is 0.0378. The second-order valence-corrected chi connectivity index (χ2v) is 5.35. The van der Waals surface area contributed by atoms with Crippen LogP contribution in [-0.2, 0) is 0 Å². The van der Waals surface area contributed by atoms with Crippen molar-refractivity contribution in [2.75, 3.05) is 11.9 Å². The van der Waals surface area contributed by atoms with E-state index in [2.05, 4.69) is 25.7 Å². The predicted octanol–water partition coefficient (Wildman–Crippen LogP) is 4.17. The molecule has 0 spiro atoms. The number of halogens is 1. The van der Waals surface area contributed by atoms with Gasteiger partial charge in [-0.05, 0) is 45.4 Å². The monoisotopic (exact) mass is 253 g/mol. The number of rotatable bonds is 4. The predicted molar refractivity (Wildman–Crippen MR) is 74.2 cm³/mol. The minimum atomic E-state index is 0.0378. The molecule has 2 nitrogen and oxygen atoms in total. The number of anilines is 1. The summed E-state index contributed by atoms with van der Waals surface area (Å²) in [5.41, 5.74) is 1.66. The molecule has 1 rings (SSSR count). The van der Waals surface area contributed by atoms with E-state index < -0.39 is 0 Å². The van der Waals surface area contributed by atoms with Crippen LogP contribution >= 0.6 is 11.6 Å². The quantitative estimate of drug-likeness (QED) is 0.751. The second-order valence-electron chi connectivity index (χ2n) is 4.95. The molecule has 1 aromatic carbocycles. The van der Waals surface area contributed by atoms with Crippen molar-refractivity contribution in [1.82, 2.24) is 0 Å². The maximum absolute atomic E-state index is 11.3. The molecule has 0 amide bonds. The molecule has 3 heteroatoms. The van der Waals surface area contributed by atoms with E-state index in [9.17, 15) is 4.79 Å². The third kappa shape index (κ3) is 3.01. The lowest BCUT2D eigenvalue weighted by molar-refractivity contribution is 0.101. The highest BCUT2D eigenvalue weighted by Gasteiger charge is 2.23. The molecule has 0 radical (unpaired) electrons. The van der Waals surface area contributed by atoms with Gasteiger partial charge in [-0.15, -0.1) is 0 Å². The maximum Gasteiger partial charge on any atom is 0.159 e.